The smallest absolute Gasteiger partial charge is 0.171 e. The number of thiocyanates is 3. The van der Waals surface area contributed by atoms with Crippen LogP contribution in [0.15, 0.2) is 182 Å². The Morgan fingerprint density at radius 3 is 0.667 bits per heavy atom. The van der Waals surface area contributed by atoms with Crippen LogP contribution in [0.2, 0.25) is 4.44 Å². The fourth-order valence-electron chi connectivity index (χ4n) is 4.90. The zero-order valence-electron chi connectivity index (χ0n) is 29.7. The van der Waals surface area contributed by atoms with E-state index in [0.717, 1.165) is 31.8 Å². The predicted octanol–water partition coefficient (Wildman–Crippen LogP) is 8.07. The number of unbranched alkanes of at least 4 members (excludes halogenated alkanes) is 1. The number of hydrogen-bond acceptors (Lipinski definition) is 8. The Labute approximate surface area is 351 Å². The molecule has 0 heterocycles. The van der Waals surface area contributed by atoms with Crippen LogP contribution in [0.25, 0.3) is 0 Å². The molecule has 5 nitrogen and oxygen atoms in total. The van der Waals surface area contributed by atoms with Gasteiger partial charge in [-0.25, -0.2) is 15.8 Å². The Hall–Kier alpha value is -4.29. The maximum absolute atomic E-state index is 13.8. The van der Waals surface area contributed by atoms with E-state index < -0.39 is 14.3 Å². The molecule has 54 heavy (non-hydrogen) atoms. The Morgan fingerprint density at radius 2 is 0.574 bits per heavy atom. The number of nitrogens with zero attached hydrogens (tertiary/aromatic N) is 3. The number of benzene rings is 6. The van der Waals surface area contributed by atoms with Crippen molar-refractivity contribution in [2.45, 2.75) is 24.2 Å². The summed E-state index contributed by atoms with van der Waals surface area (Å²) >= 11 is 12.8. The molecule has 0 bridgehead atoms. The van der Waals surface area contributed by atoms with Gasteiger partial charge in [-0.1, -0.05) is 198 Å². The van der Waals surface area contributed by atoms with Crippen LogP contribution in [0.3, 0.4) is 0 Å². The summed E-state index contributed by atoms with van der Waals surface area (Å²) in [6.45, 7) is 2.23. The summed E-state index contributed by atoms with van der Waals surface area (Å²) in [4.78, 5) is 0. The Bertz CT molecular complexity index is 1710. The molecule has 6 aromatic rings. The van der Waals surface area contributed by atoms with Gasteiger partial charge in [0.2, 0.25) is 0 Å². The van der Waals surface area contributed by atoms with Crippen LogP contribution in [0.1, 0.15) is 19.8 Å². The van der Waals surface area contributed by atoms with E-state index in [-0.39, 0.29) is 0 Å². The van der Waals surface area contributed by atoms with Gasteiger partial charge >= 0.3 is 46.7 Å². The van der Waals surface area contributed by atoms with E-state index in [4.69, 9.17) is 15.8 Å². The van der Waals surface area contributed by atoms with Gasteiger partial charge in [-0.05, 0) is 0 Å². The molecule has 0 spiro atoms. The van der Waals surface area contributed by atoms with E-state index in [2.05, 4.69) is 44.8 Å². The molecule has 0 unspecified atom stereocenters. The summed E-state index contributed by atoms with van der Waals surface area (Å²) in [7, 11) is -5.55. The molecule has 0 aliphatic carbocycles. The van der Waals surface area contributed by atoms with E-state index in [9.17, 15) is 9.13 Å². The van der Waals surface area contributed by atoms with Gasteiger partial charge in [-0.2, -0.15) is 0 Å². The minimum Gasteiger partial charge on any atom is -0.696 e. The van der Waals surface area contributed by atoms with E-state index in [1.54, 1.807) is 22.5 Å². The monoisotopic (exact) mass is 907 g/mol. The van der Waals surface area contributed by atoms with Crippen molar-refractivity contribution in [3.05, 3.63) is 182 Å². The zero-order valence-corrected chi connectivity index (χ0v) is 36.8. The molecular weight excluding hydrogens is 867 g/mol. The zero-order chi connectivity index (χ0) is 39.9. The molecule has 0 atom stereocenters. The van der Waals surface area contributed by atoms with Crippen molar-refractivity contribution >= 4 is 107 Å². The van der Waals surface area contributed by atoms with Crippen LogP contribution in [0.5, 0.6) is 0 Å². The molecule has 0 saturated carbocycles. The van der Waals surface area contributed by atoms with Crippen LogP contribution in [-0.4, -0.2) is 22.5 Å². The van der Waals surface area contributed by atoms with Crippen molar-refractivity contribution in [3.63, 3.8) is 0 Å². The van der Waals surface area contributed by atoms with Crippen LogP contribution < -0.4 is 31.8 Å². The summed E-state index contributed by atoms with van der Waals surface area (Å²) in [5, 5.41) is 30.6. The van der Waals surface area contributed by atoms with Gasteiger partial charge in [-0.3, -0.25) is 0 Å². The first-order valence-corrected chi connectivity index (χ1v) is 23.2. The normalized spacial score (nSPS) is 9.48. The molecule has 0 aromatic heterocycles. The summed E-state index contributed by atoms with van der Waals surface area (Å²) in [5.41, 5.74) is 0. The number of nitriles is 3. The van der Waals surface area contributed by atoms with Crippen LogP contribution >= 0.6 is 14.3 Å². The van der Waals surface area contributed by atoms with Crippen molar-refractivity contribution < 1.29 is 9.13 Å². The maximum Gasteiger partial charge on any atom is 0.171 e. The quantitative estimate of drug-likeness (QED) is 0.0654. The molecular formula is C43H39N3O2P2S3Sn. The second kappa shape index (κ2) is 29.1. The summed E-state index contributed by atoms with van der Waals surface area (Å²) in [6, 6.07) is 58.3. The Morgan fingerprint density at radius 1 is 0.426 bits per heavy atom. The van der Waals surface area contributed by atoms with Gasteiger partial charge in [0.15, 0.2) is 14.3 Å². The minimum atomic E-state index is -2.78. The molecule has 0 N–H and O–H groups in total. The molecule has 0 amide bonds. The summed E-state index contributed by atoms with van der Waals surface area (Å²) < 4.78 is 29.1. The molecule has 11 heteroatoms. The standard InChI is InChI=1S/2C18H15OP.C4H9.3CHNS.Sn/c2*19-20(16-10-4-1-5-11-16,17-12-6-2-7-13-17)18-14-8-3-9-15-18;1-3-4-2;3*2-1-3;/h2*1-15H;1,3-4H2,2H3;3*3H;/q;;;;;;+3/p-3. The largest absolute Gasteiger partial charge is 0.696 e. The molecule has 0 aliphatic heterocycles. The van der Waals surface area contributed by atoms with Gasteiger partial charge in [0.1, 0.15) is 0 Å². The van der Waals surface area contributed by atoms with Crippen molar-refractivity contribution in [1.82, 2.24) is 0 Å². The molecule has 270 valence electrons. The van der Waals surface area contributed by atoms with Crippen LogP contribution in [0.4, 0.5) is 0 Å². The molecule has 6 rings (SSSR count). The number of rotatable bonds is 8. The predicted molar refractivity (Wildman–Crippen MR) is 236 cm³/mol. The SMILES string of the molecule is CCC[CH2][Sn+3].N#C[S-].N#C[S-].N#C[S-].O=P(c1ccccc1)(c1ccccc1)c1ccccc1.O=P(c1ccccc1)(c1ccccc1)c1ccccc1. The fraction of sp³-hybridized carbons (Fsp3) is 0.0930. The Balaban J connectivity index is 0.000000403. The minimum absolute atomic E-state index is 0.873. The Kier molecular flexibility index (Phi) is 25.7. The average molecular weight is 907 g/mol. The summed E-state index contributed by atoms with van der Waals surface area (Å²) in [5.74, 6) is 0. The molecule has 0 aliphatic rings. The van der Waals surface area contributed by atoms with E-state index >= 15 is 0 Å². The molecule has 0 saturated heterocycles. The molecule has 6 aromatic carbocycles. The van der Waals surface area contributed by atoms with Crippen molar-refractivity contribution in [2.75, 3.05) is 0 Å². The third-order valence-corrected chi connectivity index (χ3v) is 14.4. The molecule has 0 radical (unpaired) electrons. The van der Waals surface area contributed by atoms with Crippen molar-refractivity contribution in [1.29, 1.82) is 15.8 Å². The average Bonchev–Trinajstić information content (AvgIpc) is 3.24. The van der Waals surface area contributed by atoms with E-state index in [1.807, 2.05) is 182 Å². The van der Waals surface area contributed by atoms with Gasteiger partial charge in [0.05, 0.1) is 0 Å². The third kappa shape index (κ3) is 15.6. The second-order valence-corrected chi connectivity index (χ2v) is 18.1. The van der Waals surface area contributed by atoms with E-state index in [1.165, 1.54) is 33.5 Å². The van der Waals surface area contributed by atoms with Gasteiger partial charge in [0, 0.05) is 31.8 Å². The second-order valence-electron chi connectivity index (χ2n) is 10.6. The third-order valence-electron chi connectivity index (χ3n) is 7.25. The van der Waals surface area contributed by atoms with Gasteiger partial charge in [-0.15, -0.1) is 0 Å². The van der Waals surface area contributed by atoms with Crippen LogP contribution in [0, 0.1) is 32.0 Å². The first kappa shape index (κ1) is 47.7. The first-order valence-electron chi connectivity index (χ1n) is 16.5. The topological polar surface area (TPSA) is 106 Å². The van der Waals surface area contributed by atoms with Crippen molar-refractivity contribution in [3.8, 4) is 16.2 Å². The first-order chi connectivity index (χ1) is 26.3. The van der Waals surface area contributed by atoms with Gasteiger partial charge < -0.3 is 47.0 Å². The van der Waals surface area contributed by atoms with Crippen molar-refractivity contribution in [2.24, 2.45) is 0 Å². The maximum atomic E-state index is 13.8. The molecule has 0 fully saturated rings. The van der Waals surface area contributed by atoms with Gasteiger partial charge in [0.25, 0.3) is 0 Å². The van der Waals surface area contributed by atoms with E-state index in [0.29, 0.717) is 0 Å². The number of hydrogen-bond donors (Lipinski definition) is 0. The summed E-state index contributed by atoms with van der Waals surface area (Å²) in [6.07, 6.45) is 2.80. The fourth-order valence-corrected chi connectivity index (χ4v) is 11.2. The van der Waals surface area contributed by atoms with Crippen LogP contribution in [-0.2, 0) is 47.0 Å².